The third kappa shape index (κ3) is 5.63. The van der Waals surface area contributed by atoms with Crippen molar-refractivity contribution in [1.29, 1.82) is 0 Å². The molecule has 0 bridgehead atoms. The highest BCUT2D eigenvalue weighted by Gasteiger charge is 2.18. The van der Waals surface area contributed by atoms with Crippen molar-refractivity contribution in [2.24, 2.45) is 0 Å². The van der Waals surface area contributed by atoms with Gasteiger partial charge in [0.05, 0.1) is 11.0 Å². The van der Waals surface area contributed by atoms with Crippen LogP contribution in [0, 0.1) is 0 Å². The predicted octanol–water partition coefficient (Wildman–Crippen LogP) is 15.1. The number of hydrogen-bond donors (Lipinski definition) is 0. The van der Waals surface area contributed by atoms with Crippen molar-refractivity contribution in [2.45, 2.75) is 26.2 Å². The Morgan fingerprint density at radius 3 is 1.20 bits per heavy atom. The first-order chi connectivity index (χ1) is 26.9. The smallest absolute Gasteiger partial charge is 0.0541 e. The Bertz CT molecular complexity index is 2960. The molecule has 1 nitrogen and oxygen atoms in total. The van der Waals surface area contributed by atoms with Gasteiger partial charge >= 0.3 is 0 Å². The van der Waals surface area contributed by atoms with E-state index in [0.29, 0.717) is 0 Å². The van der Waals surface area contributed by atoms with Crippen molar-refractivity contribution in [1.82, 2.24) is 4.57 Å². The van der Waals surface area contributed by atoms with E-state index in [0.717, 1.165) is 0 Å². The fourth-order valence-corrected chi connectivity index (χ4v) is 8.58. The molecule has 0 saturated carbocycles. The fourth-order valence-electron chi connectivity index (χ4n) is 8.58. The maximum absolute atomic E-state index is 2.37. The van der Waals surface area contributed by atoms with Gasteiger partial charge in [-0.15, -0.1) is 0 Å². The van der Waals surface area contributed by atoms with E-state index in [-0.39, 0.29) is 5.41 Å². The lowest BCUT2D eigenvalue weighted by atomic mass is 9.85. The summed E-state index contributed by atoms with van der Waals surface area (Å²) in [4.78, 5) is 0. The van der Waals surface area contributed by atoms with Crippen molar-refractivity contribution in [2.75, 3.05) is 0 Å². The second kappa shape index (κ2) is 13.0. The molecule has 0 saturated heterocycles. The first-order valence-electron chi connectivity index (χ1n) is 19.3. The Labute approximate surface area is 322 Å². The number of nitrogens with zero attached hydrogens (tertiary/aromatic N) is 1. The van der Waals surface area contributed by atoms with E-state index < -0.39 is 0 Å². The highest BCUT2D eigenvalue weighted by Crippen LogP contribution is 2.44. The Hall–Kier alpha value is -6.70. The summed E-state index contributed by atoms with van der Waals surface area (Å²) in [5.74, 6) is 0. The number of aromatic nitrogens is 1. The Kier molecular flexibility index (Phi) is 7.78. The summed E-state index contributed by atoms with van der Waals surface area (Å²) in [6.45, 7) is 6.79. The molecule has 0 unspecified atom stereocenters. The monoisotopic (exact) mass is 703 g/mol. The molecule has 1 heteroatoms. The molecule has 262 valence electrons. The second-order valence-corrected chi connectivity index (χ2v) is 15.7. The molecule has 0 N–H and O–H groups in total. The minimum Gasteiger partial charge on any atom is -0.309 e. The average molecular weight is 704 g/mol. The Morgan fingerprint density at radius 2 is 0.691 bits per heavy atom. The van der Waals surface area contributed by atoms with Gasteiger partial charge in [-0.05, 0) is 107 Å². The van der Waals surface area contributed by atoms with Gasteiger partial charge in [0.25, 0.3) is 0 Å². The molecule has 10 rings (SSSR count). The number of benzene rings is 9. The molecule has 9 aromatic carbocycles. The van der Waals surface area contributed by atoms with E-state index in [2.05, 4.69) is 219 Å². The van der Waals surface area contributed by atoms with Gasteiger partial charge in [0.2, 0.25) is 0 Å². The minimum absolute atomic E-state index is 0.139. The lowest BCUT2D eigenvalue weighted by Gasteiger charge is -2.19. The van der Waals surface area contributed by atoms with Crippen LogP contribution >= 0.6 is 0 Å². The van der Waals surface area contributed by atoms with Crippen molar-refractivity contribution in [3.05, 3.63) is 200 Å². The molecule has 0 aliphatic carbocycles. The maximum Gasteiger partial charge on any atom is 0.0541 e. The zero-order valence-electron chi connectivity index (χ0n) is 31.4. The van der Waals surface area contributed by atoms with E-state index in [1.807, 2.05) is 0 Å². The number of fused-ring (bicyclic) bond motifs is 5. The summed E-state index contributed by atoms with van der Waals surface area (Å²) in [5.41, 5.74) is 15.0. The van der Waals surface area contributed by atoms with Gasteiger partial charge in [-0.25, -0.2) is 0 Å². The van der Waals surface area contributed by atoms with Crippen LogP contribution in [0.25, 0.3) is 93.5 Å². The predicted molar refractivity (Wildman–Crippen MR) is 236 cm³/mol. The summed E-state index contributed by atoms with van der Waals surface area (Å²) in [6, 6.07) is 71.5. The van der Waals surface area contributed by atoms with Crippen LogP contribution in [0.2, 0.25) is 0 Å². The van der Waals surface area contributed by atoms with Crippen molar-refractivity contribution >= 4 is 43.4 Å². The van der Waals surface area contributed by atoms with Gasteiger partial charge in [-0.1, -0.05) is 185 Å². The fraction of sp³-hybridized carbons (Fsp3) is 0.0741. The van der Waals surface area contributed by atoms with Crippen LogP contribution in [0.4, 0.5) is 0 Å². The second-order valence-electron chi connectivity index (χ2n) is 15.7. The third-order valence-electron chi connectivity index (χ3n) is 11.4. The Morgan fingerprint density at radius 1 is 0.309 bits per heavy atom. The summed E-state index contributed by atoms with van der Waals surface area (Å²) in [5, 5.41) is 7.59. The highest BCUT2D eigenvalue weighted by molar-refractivity contribution is 6.21. The van der Waals surface area contributed by atoms with Crippen LogP contribution in [0.1, 0.15) is 26.3 Å². The normalized spacial score (nSPS) is 11.9. The summed E-state index contributed by atoms with van der Waals surface area (Å²) in [6.07, 6.45) is 0. The first kappa shape index (κ1) is 32.9. The maximum atomic E-state index is 2.37. The molecule has 0 aliphatic heterocycles. The quantitative estimate of drug-likeness (QED) is 0.157. The molecule has 0 aliphatic rings. The number of rotatable bonds is 5. The van der Waals surface area contributed by atoms with E-state index >= 15 is 0 Å². The molecule has 10 aromatic rings. The van der Waals surface area contributed by atoms with Crippen molar-refractivity contribution in [3.8, 4) is 50.2 Å². The van der Waals surface area contributed by atoms with E-state index in [1.54, 1.807) is 0 Å². The zero-order valence-corrected chi connectivity index (χ0v) is 31.4. The van der Waals surface area contributed by atoms with Crippen LogP contribution < -0.4 is 0 Å². The Balaban J connectivity index is 1.05. The van der Waals surface area contributed by atoms with Gasteiger partial charge in [0, 0.05) is 16.5 Å². The van der Waals surface area contributed by atoms with Crippen LogP contribution in [0.3, 0.4) is 0 Å². The molecule has 55 heavy (non-hydrogen) atoms. The summed E-state index contributed by atoms with van der Waals surface area (Å²) >= 11 is 0. The van der Waals surface area contributed by atoms with Crippen LogP contribution in [-0.4, -0.2) is 4.57 Å². The largest absolute Gasteiger partial charge is 0.309 e. The molecule has 0 amide bonds. The summed E-state index contributed by atoms with van der Waals surface area (Å²) < 4.78 is 2.37. The lowest BCUT2D eigenvalue weighted by molar-refractivity contribution is 0.590. The third-order valence-corrected chi connectivity index (χ3v) is 11.4. The number of para-hydroxylation sites is 2. The summed E-state index contributed by atoms with van der Waals surface area (Å²) in [7, 11) is 0. The van der Waals surface area contributed by atoms with Gasteiger partial charge < -0.3 is 4.57 Å². The van der Waals surface area contributed by atoms with Gasteiger partial charge in [-0.2, -0.15) is 0 Å². The molecule has 1 heterocycles. The number of hydrogen-bond acceptors (Lipinski definition) is 0. The highest BCUT2D eigenvalue weighted by atomic mass is 15.0. The zero-order chi connectivity index (χ0) is 37.1. The van der Waals surface area contributed by atoms with Crippen LogP contribution in [-0.2, 0) is 5.41 Å². The standard InChI is InChI=1S/C54H41N/c1-54(2,3)42-32-29-37(30-33-42)36-21-25-39(26-22-36)52-45-16-7-9-18-47(45)53(48-19-10-8-17-46(48)52)40-27-23-38(24-28-40)41-31-34-51-49(35-41)44-15-11-12-20-50(44)55(51)43-13-5-4-6-14-43/h4-35H,1-3H3. The molecule has 0 atom stereocenters. The van der Waals surface area contributed by atoms with Crippen molar-refractivity contribution < 1.29 is 0 Å². The molecular formula is C54H41N. The first-order valence-corrected chi connectivity index (χ1v) is 19.3. The lowest BCUT2D eigenvalue weighted by Crippen LogP contribution is -2.10. The van der Waals surface area contributed by atoms with E-state index in [1.165, 1.54) is 99.1 Å². The molecule has 1 aromatic heterocycles. The molecule has 0 radical (unpaired) electrons. The van der Waals surface area contributed by atoms with Gasteiger partial charge in [0.15, 0.2) is 0 Å². The molecule has 0 spiro atoms. The molecule has 0 fully saturated rings. The topological polar surface area (TPSA) is 4.93 Å². The van der Waals surface area contributed by atoms with Gasteiger partial charge in [0.1, 0.15) is 0 Å². The van der Waals surface area contributed by atoms with Crippen LogP contribution in [0.5, 0.6) is 0 Å². The van der Waals surface area contributed by atoms with E-state index in [9.17, 15) is 0 Å². The average Bonchev–Trinajstić information content (AvgIpc) is 3.57. The molecular weight excluding hydrogens is 663 g/mol. The van der Waals surface area contributed by atoms with Gasteiger partial charge in [-0.3, -0.25) is 0 Å². The van der Waals surface area contributed by atoms with E-state index in [4.69, 9.17) is 0 Å². The van der Waals surface area contributed by atoms with Crippen molar-refractivity contribution in [3.63, 3.8) is 0 Å². The van der Waals surface area contributed by atoms with Crippen LogP contribution in [0.15, 0.2) is 194 Å². The minimum atomic E-state index is 0.139. The SMILES string of the molecule is CC(C)(C)c1ccc(-c2ccc(-c3c4ccccc4c(-c4ccc(-c5ccc6c(c5)c5ccccc5n6-c5ccccc5)cc4)c4ccccc34)cc2)cc1.